The monoisotopic (exact) mass is 525 g/mol. The van der Waals surface area contributed by atoms with Gasteiger partial charge in [-0.2, -0.15) is 5.10 Å². The van der Waals surface area contributed by atoms with Crippen molar-refractivity contribution in [3.8, 4) is 16.9 Å². The highest BCUT2D eigenvalue weighted by atomic mass is 16.5. The zero-order chi connectivity index (χ0) is 26.7. The van der Waals surface area contributed by atoms with E-state index in [1.54, 1.807) is 4.90 Å². The summed E-state index contributed by atoms with van der Waals surface area (Å²) >= 11 is 0. The van der Waals surface area contributed by atoms with Crippen LogP contribution in [-0.2, 0) is 28.1 Å². The smallest absolute Gasteiger partial charge is 0.255 e. The molecule has 2 saturated heterocycles. The number of nitrogens with zero attached hydrogens (tertiary/aromatic N) is 3. The Bertz CT molecular complexity index is 1500. The molecule has 0 saturated carbocycles. The molecule has 5 heterocycles. The Hall–Kier alpha value is -3.98. The molecule has 9 nitrogen and oxygen atoms in total. The minimum Gasteiger partial charge on any atom is -0.492 e. The average Bonchev–Trinajstić information content (AvgIpc) is 3.62. The van der Waals surface area contributed by atoms with Crippen molar-refractivity contribution >= 4 is 17.7 Å². The summed E-state index contributed by atoms with van der Waals surface area (Å²) in [5.41, 5.74) is 7.31. The number of carbonyl (C=O) groups is 3. The van der Waals surface area contributed by atoms with Crippen LogP contribution in [0.2, 0.25) is 0 Å². The maximum absolute atomic E-state index is 13.2. The van der Waals surface area contributed by atoms with Gasteiger partial charge in [-0.25, -0.2) is 0 Å². The first kappa shape index (κ1) is 24.1. The molecule has 3 aromatic rings. The van der Waals surface area contributed by atoms with E-state index in [-0.39, 0.29) is 29.6 Å². The minimum absolute atomic E-state index is 0.0539. The van der Waals surface area contributed by atoms with Crippen molar-refractivity contribution in [2.45, 2.75) is 57.2 Å². The number of aromatic amines is 1. The zero-order valence-corrected chi connectivity index (χ0v) is 22.0. The molecule has 4 aliphatic rings. The van der Waals surface area contributed by atoms with Gasteiger partial charge in [-0.05, 0) is 62.5 Å². The van der Waals surface area contributed by atoms with Gasteiger partial charge in [-0.3, -0.25) is 29.7 Å². The molecule has 1 aromatic heterocycles. The Balaban J connectivity index is 1.06. The van der Waals surface area contributed by atoms with Crippen LogP contribution in [0.1, 0.15) is 58.4 Å². The van der Waals surface area contributed by atoms with Gasteiger partial charge in [-0.15, -0.1) is 0 Å². The lowest BCUT2D eigenvalue weighted by molar-refractivity contribution is -0.136. The summed E-state index contributed by atoms with van der Waals surface area (Å²) in [6.45, 7) is 5.84. The maximum Gasteiger partial charge on any atom is 0.255 e. The number of H-pyrrole nitrogens is 1. The van der Waals surface area contributed by atoms with Crippen LogP contribution in [0.25, 0.3) is 11.1 Å². The van der Waals surface area contributed by atoms with Gasteiger partial charge in [0, 0.05) is 46.3 Å². The first-order valence-electron chi connectivity index (χ1n) is 13.7. The third-order valence-electron chi connectivity index (χ3n) is 9.02. The maximum atomic E-state index is 13.2. The van der Waals surface area contributed by atoms with E-state index in [2.05, 4.69) is 50.7 Å². The topological polar surface area (TPSA) is 108 Å². The number of likely N-dealkylation sites (tertiary alicyclic amines) is 1. The number of nitrogens with one attached hydrogen (secondary N) is 2. The van der Waals surface area contributed by atoms with Crippen molar-refractivity contribution in [1.29, 1.82) is 0 Å². The summed E-state index contributed by atoms with van der Waals surface area (Å²) in [6.07, 6.45) is 4.47. The highest BCUT2D eigenvalue weighted by molar-refractivity contribution is 6.05. The number of amides is 3. The molecule has 9 heteroatoms. The van der Waals surface area contributed by atoms with Gasteiger partial charge in [0.25, 0.3) is 5.91 Å². The van der Waals surface area contributed by atoms with Crippen LogP contribution in [0.15, 0.2) is 42.6 Å². The van der Waals surface area contributed by atoms with Crippen LogP contribution in [-0.4, -0.2) is 63.5 Å². The summed E-state index contributed by atoms with van der Waals surface area (Å²) < 4.78 is 6.32. The van der Waals surface area contributed by atoms with Crippen molar-refractivity contribution < 1.29 is 19.1 Å². The first-order chi connectivity index (χ1) is 18.9. The normalized spacial score (nSPS) is 22.1. The average molecular weight is 526 g/mol. The number of hydrogen-bond donors (Lipinski definition) is 2. The predicted octanol–water partition coefficient (Wildman–Crippen LogP) is 3.07. The zero-order valence-electron chi connectivity index (χ0n) is 22.0. The molecule has 39 heavy (non-hydrogen) atoms. The van der Waals surface area contributed by atoms with Gasteiger partial charge in [0.2, 0.25) is 11.8 Å². The van der Waals surface area contributed by atoms with Gasteiger partial charge in [0.15, 0.2) is 0 Å². The van der Waals surface area contributed by atoms with Gasteiger partial charge >= 0.3 is 0 Å². The molecule has 2 N–H and O–H groups in total. The molecule has 3 amide bonds. The number of rotatable bonds is 4. The van der Waals surface area contributed by atoms with Crippen LogP contribution < -0.4 is 10.1 Å². The predicted molar refractivity (Wildman–Crippen MR) is 143 cm³/mol. The second-order valence-electron chi connectivity index (χ2n) is 11.3. The number of imide groups is 1. The van der Waals surface area contributed by atoms with Crippen LogP contribution in [0.5, 0.6) is 5.75 Å². The van der Waals surface area contributed by atoms with Crippen LogP contribution >= 0.6 is 0 Å². The molecule has 0 radical (unpaired) electrons. The van der Waals surface area contributed by atoms with Crippen molar-refractivity contribution in [3.63, 3.8) is 0 Å². The fourth-order valence-corrected chi connectivity index (χ4v) is 6.77. The third-order valence-corrected chi connectivity index (χ3v) is 9.02. The molecule has 0 unspecified atom stereocenters. The summed E-state index contributed by atoms with van der Waals surface area (Å²) in [5, 5.41) is 9.56. The standard InChI is InChI=1S/C30H31N5O4/c1-18-22(14-31-33-18)20-4-2-3-19(13-20)15-34-11-9-30(10-12-34)17-39-27-23-16-35(25-7-8-26(36)32-28(25)37)29(38)21(23)5-6-24(27)30/h2-6,13-14,25H,7-12,15-17H2,1H3,(H,31,33)(H,32,36,37)/t25-/m1/s1. The van der Waals surface area contributed by atoms with Crippen LogP contribution in [0.3, 0.4) is 0 Å². The van der Waals surface area contributed by atoms with E-state index < -0.39 is 6.04 Å². The Morgan fingerprint density at radius 2 is 1.95 bits per heavy atom. The highest BCUT2D eigenvalue weighted by Gasteiger charge is 2.47. The number of aromatic nitrogens is 2. The Morgan fingerprint density at radius 3 is 2.72 bits per heavy atom. The molecule has 2 aromatic carbocycles. The molecule has 0 aliphatic carbocycles. The summed E-state index contributed by atoms with van der Waals surface area (Å²) in [7, 11) is 0. The summed E-state index contributed by atoms with van der Waals surface area (Å²) in [6, 6.07) is 12.0. The number of piperidine rings is 2. The third kappa shape index (κ3) is 3.95. The molecular formula is C30H31N5O4. The molecular weight excluding hydrogens is 494 g/mol. The van der Waals surface area contributed by atoms with E-state index >= 15 is 0 Å². The van der Waals surface area contributed by atoms with Crippen molar-refractivity contribution in [1.82, 2.24) is 25.3 Å². The quantitative estimate of drug-likeness (QED) is 0.507. The molecule has 2 fully saturated rings. The van der Waals surface area contributed by atoms with Crippen molar-refractivity contribution in [3.05, 3.63) is 70.5 Å². The number of fused-ring (bicyclic) bond motifs is 4. The number of aryl methyl sites for hydroxylation is 1. The van der Waals surface area contributed by atoms with Crippen LogP contribution in [0.4, 0.5) is 0 Å². The van der Waals surface area contributed by atoms with Gasteiger partial charge < -0.3 is 9.64 Å². The largest absolute Gasteiger partial charge is 0.492 e. The Morgan fingerprint density at radius 1 is 1.10 bits per heavy atom. The van der Waals surface area contributed by atoms with E-state index in [9.17, 15) is 14.4 Å². The minimum atomic E-state index is -0.618. The number of benzene rings is 2. The highest BCUT2D eigenvalue weighted by Crippen LogP contribution is 2.49. The van der Waals surface area contributed by atoms with Gasteiger partial charge in [0.05, 0.1) is 19.3 Å². The Kier molecular flexibility index (Phi) is 5.59. The second-order valence-corrected chi connectivity index (χ2v) is 11.3. The molecule has 0 bridgehead atoms. The van der Waals surface area contributed by atoms with Gasteiger partial charge in [-0.1, -0.05) is 24.3 Å². The van der Waals surface area contributed by atoms with E-state index in [0.29, 0.717) is 25.1 Å². The molecule has 1 spiro atoms. The number of carbonyl (C=O) groups excluding carboxylic acids is 3. The SMILES string of the molecule is Cc1[nH]ncc1-c1cccc(CN2CCC3(CC2)COc2c3ccc3c2CN([C@@H]2CCC(=O)NC2=O)C3=O)c1. The molecule has 4 aliphatic heterocycles. The lowest BCUT2D eigenvalue weighted by atomic mass is 9.74. The first-order valence-corrected chi connectivity index (χ1v) is 13.7. The van der Waals surface area contributed by atoms with Crippen molar-refractivity contribution in [2.75, 3.05) is 19.7 Å². The summed E-state index contributed by atoms with van der Waals surface area (Å²) in [5.74, 6) is -0.000258. The molecule has 7 rings (SSSR count). The van der Waals surface area contributed by atoms with Gasteiger partial charge in [0.1, 0.15) is 11.8 Å². The fraction of sp³-hybridized carbons (Fsp3) is 0.400. The molecule has 200 valence electrons. The number of ether oxygens (including phenoxy) is 1. The van der Waals surface area contributed by atoms with E-state index in [1.165, 1.54) is 16.7 Å². The lowest BCUT2D eigenvalue weighted by Crippen LogP contribution is -2.52. The van der Waals surface area contributed by atoms with Crippen molar-refractivity contribution in [2.24, 2.45) is 0 Å². The lowest BCUT2D eigenvalue weighted by Gasteiger charge is -2.38. The van der Waals surface area contributed by atoms with E-state index in [4.69, 9.17) is 4.74 Å². The summed E-state index contributed by atoms with van der Waals surface area (Å²) in [4.78, 5) is 41.4. The second kappa shape index (κ2) is 9.05. The number of hydrogen-bond acceptors (Lipinski definition) is 6. The molecule has 1 atom stereocenters. The van der Waals surface area contributed by atoms with E-state index in [0.717, 1.165) is 55.0 Å². The van der Waals surface area contributed by atoms with Crippen LogP contribution in [0, 0.1) is 6.92 Å². The Labute approximate surface area is 226 Å². The fourth-order valence-electron chi connectivity index (χ4n) is 6.77. The van der Waals surface area contributed by atoms with E-state index in [1.807, 2.05) is 19.2 Å².